The lowest BCUT2D eigenvalue weighted by Gasteiger charge is -2.63. The molecule has 1 saturated carbocycles. The molecule has 2 N–H and O–H groups in total. The third kappa shape index (κ3) is 6.74. The van der Waals surface area contributed by atoms with Crippen molar-refractivity contribution in [1.29, 1.82) is 0 Å². The molecule has 8 rings (SSSR count). The number of hydrogen-bond donors (Lipinski definition) is 2. The molecule has 0 aromatic heterocycles. The fraction of sp³-hybridized carbons (Fsp3) is 0.465. The molecule has 12 heteroatoms. The van der Waals surface area contributed by atoms with E-state index in [0.717, 1.165) is 56.8 Å². The molecule has 3 aromatic rings. The molecular formula is C43H47ClN6O5. The number of fused-ring (bicyclic) bond motifs is 2. The van der Waals surface area contributed by atoms with Crippen LogP contribution < -0.4 is 20.3 Å². The molecule has 0 unspecified atom stereocenters. The van der Waals surface area contributed by atoms with E-state index >= 15 is 0 Å². The van der Waals surface area contributed by atoms with Gasteiger partial charge in [0.25, 0.3) is 11.8 Å². The van der Waals surface area contributed by atoms with E-state index in [9.17, 15) is 19.2 Å². The molecule has 3 aromatic carbocycles. The maximum absolute atomic E-state index is 13.5. The molecule has 5 aliphatic rings. The van der Waals surface area contributed by atoms with E-state index in [1.54, 1.807) is 23.1 Å². The quantitative estimate of drug-likeness (QED) is 0.199. The summed E-state index contributed by atoms with van der Waals surface area (Å²) in [5.74, 6) is 0.303. The maximum Gasteiger partial charge on any atom is 0.255 e. The molecule has 4 aliphatic heterocycles. The highest BCUT2D eigenvalue weighted by molar-refractivity contribution is 6.33. The predicted molar refractivity (Wildman–Crippen MR) is 209 cm³/mol. The van der Waals surface area contributed by atoms with Crippen molar-refractivity contribution in [2.75, 3.05) is 24.5 Å². The molecular weight excluding hydrogens is 716 g/mol. The van der Waals surface area contributed by atoms with Gasteiger partial charge >= 0.3 is 0 Å². The zero-order valence-corrected chi connectivity index (χ0v) is 32.5. The van der Waals surface area contributed by atoms with E-state index in [1.807, 2.05) is 30.3 Å². The van der Waals surface area contributed by atoms with Crippen LogP contribution in [0.4, 0.5) is 11.4 Å². The Labute approximate surface area is 327 Å². The van der Waals surface area contributed by atoms with Crippen molar-refractivity contribution < 1.29 is 23.9 Å². The van der Waals surface area contributed by atoms with Crippen LogP contribution in [0.1, 0.15) is 90.8 Å². The molecule has 11 nitrogen and oxygen atoms in total. The van der Waals surface area contributed by atoms with Crippen LogP contribution in [0.5, 0.6) is 5.75 Å². The van der Waals surface area contributed by atoms with Gasteiger partial charge in [0.1, 0.15) is 17.9 Å². The van der Waals surface area contributed by atoms with Crippen LogP contribution in [0.3, 0.4) is 0 Å². The van der Waals surface area contributed by atoms with Crippen LogP contribution in [-0.2, 0) is 29.2 Å². The first-order valence-electron chi connectivity index (χ1n) is 19.2. The second kappa shape index (κ2) is 14.0. The van der Waals surface area contributed by atoms with Crippen molar-refractivity contribution in [3.63, 3.8) is 0 Å². The third-order valence-electron chi connectivity index (χ3n) is 12.7. The van der Waals surface area contributed by atoms with E-state index in [0.29, 0.717) is 46.5 Å². The summed E-state index contributed by atoms with van der Waals surface area (Å²) in [7, 11) is 0. The van der Waals surface area contributed by atoms with Crippen molar-refractivity contribution in [1.82, 2.24) is 20.4 Å². The van der Waals surface area contributed by atoms with Gasteiger partial charge in [0.2, 0.25) is 17.5 Å². The van der Waals surface area contributed by atoms with Gasteiger partial charge in [-0.1, -0.05) is 51.4 Å². The van der Waals surface area contributed by atoms with Crippen LogP contribution in [0.2, 0.25) is 5.02 Å². The van der Waals surface area contributed by atoms with Crippen LogP contribution in [0.25, 0.3) is 4.85 Å². The van der Waals surface area contributed by atoms with Gasteiger partial charge < -0.3 is 19.9 Å². The smallest absolute Gasteiger partial charge is 0.255 e. The van der Waals surface area contributed by atoms with Gasteiger partial charge in [0, 0.05) is 79.4 Å². The first kappa shape index (κ1) is 37.0. The van der Waals surface area contributed by atoms with Gasteiger partial charge in [-0.3, -0.25) is 29.4 Å². The average Bonchev–Trinajstić information content (AvgIpc) is 3.70. The van der Waals surface area contributed by atoms with Gasteiger partial charge in [-0.2, -0.15) is 0 Å². The molecule has 0 bridgehead atoms. The van der Waals surface area contributed by atoms with Gasteiger partial charge in [0.15, 0.2) is 0 Å². The van der Waals surface area contributed by atoms with Gasteiger partial charge in [-0.15, -0.1) is 0 Å². The van der Waals surface area contributed by atoms with Crippen LogP contribution in [-0.4, -0.2) is 71.3 Å². The molecule has 4 amide bonds. The Balaban J connectivity index is 0.812. The Hall–Kier alpha value is -4.92. The monoisotopic (exact) mass is 762 g/mol. The highest BCUT2D eigenvalue weighted by Crippen LogP contribution is 2.55. The van der Waals surface area contributed by atoms with Crippen LogP contribution >= 0.6 is 11.6 Å². The first-order chi connectivity index (χ1) is 26.2. The van der Waals surface area contributed by atoms with Crippen LogP contribution in [0.15, 0.2) is 54.6 Å². The largest absolute Gasteiger partial charge is 0.489 e. The number of rotatable bonds is 8. The molecule has 1 atom stereocenters. The van der Waals surface area contributed by atoms with E-state index in [-0.39, 0.29) is 53.0 Å². The molecule has 4 heterocycles. The zero-order chi connectivity index (χ0) is 38.8. The van der Waals surface area contributed by atoms with E-state index in [2.05, 4.69) is 59.0 Å². The summed E-state index contributed by atoms with van der Waals surface area (Å²) in [4.78, 5) is 60.8. The first-order valence-corrected chi connectivity index (χ1v) is 19.6. The Bertz CT molecular complexity index is 2100. The maximum atomic E-state index is 13.5. The molecule has 1 aliphatic carbocycles. The Kier molecular flexibility index (Phi) is 9.41. The van der Waals surface area contributed by atoms with Gasteiger partial charge in [-0.25, -0.2) is 4.85 Å². The molecule has 0 spiro atoms. The minimum absolute atomic E-state index is 0.104. The zero-order valence-electron chi connectivity index (χ0n) is 31.8. The molecule has 55 heavy (non-hydrogen) atoms. The Morgan fingerprint density at radius 1 is 0.927 bits per heavy atom. The van der Waals surface area contributed by atoms with E-state index in [1.165, 1.54) is 11.1 Å². The molecule has 0 radical (unpaired) electrons. The summed E-state index contributed by atoms with van der Waals surface area (Å²) in [5, 5.41) is 6.03. The van der Waals surface area contributed by atoms with Crippen molar-refractivity contribution in [2.24, 2.45) is 16.7 Å². The summed E-state index contributed by atoms with van der Waals surface area (Å²) in [6.07, 6.45) is 2.61. The normalized spacial score (nSPS) is 24.4. The molecule has 3 fully saturated rings. The Morgan fingerprint density at radius 3 is 2.27 bits per heavy atom. The number of amides is 4. The second-order valence-corrected chi connectivity index (χ2v) is 17.5. The number of hydrogen-bond acceptors (Lipinski definition) is 7. The minimum Gasteiger partial charge on any atom is -0.489 e. The summed E-state index contributed by atoms with van der Waals surface area (Å²) < 4.78 is 6.39. The highest BCUT2D eigenvalue weighted by atomic mass is 35.5. The topological polar surface area (TPSA) is 116 Å². The number of halogens is 1. The summed E-state index contributed by atoms with van der Waals surface area (Å²) in [5.41, 5.74) is 5.55. The number of piperidine rings is 2. The number of imide groups is 1. The summed E-state index contributed by atoms with van der Waals surface area (Å²) >= 11 is 6.26. The Morgan fingerprint density at radius 2 is 1.62 bits per heavy atom. The summed E-state index contributed by atoms with van der Waals surface area (Å²) in [6.45, 7) is 20.6. The number of carbonyl (C=O) groups excluding carboxylic acids is 4. The second-order valence-electron chi connectivity index (χ2n) is 17.1. The van der Waals surface area contributed by atoms with Gasteiger partial charge in [-0.05, 0) is 84.3 Å². The molecule has 286 valence electrons. The number of carbonyl (C=O) groups is 4. The SMILES string of the molecule is [C-]#[N+]c1ccc(OC2C(C)(C)C(NC(=O)c3ccc(N4CCC(CN5Cc6cc7c(cc6C5)C(=O)N([C@@H]5CCC(=O)NC5=O)C7)CC4)cc3)C2(C)C)cc1Cl. The number of benzene rings is 3. The fourth-order valence-electron chi connectivity index (χ4n) is 10.0. The lowest BCUT2D eigenvalue weighted by Crippen LogP contribution is -2.74. The van der Waals surface area contributed by atoms with Gasteiger partial charge in [0.05, 0.1) is 11.6 Å². The lowest BCUT2D eigenvalue weighted by atomic mass is 9.49. The summed E-state index contributed by atoms with van der Waals surface area (Å²) in [6, 6.07) is 16.5. The van der Waals surface area contributed by atoms with Crippen LogP contribution in [0, 0.1) is 23.3 Å². The van der Waals surface area contributed by atoms with Crippen molar-refractivity contribution in [2.45, 2.75) is 91.2 Å². The minimum atomic E-state index is -0.593. The van der Waals surface area contributed by atoms with E-state index < -0.39 is 6.04 Å². The number of nitrogens with zero attached hydrogens (tertiary/aromatic N) is 4. The van der Waals surface area contributed by atoms with Crippen molar-refractivity contribution >= 4 is 46.6 Å². The molecule has 2 saturated heterocycles. The average molecular weight is 763 g/mol. The number of nitrogens with one attached hydrogen (secondary N) is 2. The lowest BCUT2D eigenvalue weighted by molar-refractivity contribution is -0.164. The number of ether oxygens (including phenoxy) is 1. The van der Waals surface area contributed by atoms with E-state index in [4.69, 9.17) is 22.9 Å². The van der Waals surface area contributed by atoms with Crippen molar-refractivity contribution in [3.8, 4) is 5.75 Å². The number of anilines is 1. The third-order valence-corrected chi connectivity index (χ3v) is 13.0. The predicted octanol–water partition coefficient (Wildman–Crippen LogP) is 6.50. The van der Waals surface area contributed by atoms with Crippen molar-refractivity contribution in [3.05, 3.63) is 98.9 Å². The highest BCUT2D eigenvalue weighted by Gasteiger charge is 2.64. The standard InChI is InChI=1S/C43H47ClN6O5/c1-42(2)40(43(3,4)41(42)55-31-10-11-34(45-5)33(44)20-31)47-37(52)26-6-8-30(9-7-26)49-16-14-25(15-17-49)21-48-22-27-18-29-24-50(35-12-13-36(51)46-38(35)53)39(54)32(29)19-28(27)23-48/h6-11,18-20,25,35,40-41H,12-17,21-24H2,1-4H3,(H,47,52)(H,46,51,53)/t35-,40?,41?/m1/s1. The fourth-order valence-corrected chi connectivity index (χ4v) is 10.3.